The molecule has 9 heteroatoms. The number of rotatable bonds is 3. The second kappa shape index (κ2) is 5.27. The first kappa shape index (κ1) is 15.3. The number of halogens is 3. The van der Waals surface area contributed by atoms with Crippen molar-refractivity contribution >= 4 is 21.2 Å². The second-order valence-corrected chi connectivity index (χ2v) is 6.04. The van der Waals surface area contributed by atoms with Crippen LogP contribution >= 0.6 is 0 Å². The van der Waals surface area contributed by atoms with Gasteiger partial charge in [-0.2, -0.15) is 21.6 Å². The average molecular weight is 343 g/mol. The summed E-state index contributed by atoms with van der Waals surface area (Å²) in [6.45, 7) is 0. The molecule has 0 aliphatic carbocycles. The third kappa shape index (κ3) is 3.00. The largest absolute Gasteiger partial charge is 0.534 e. The fraction of sp³-hybridized carbons (Fsp3) is 0.0714. The first-order chi connectivity index (χ1) is 10.8. The minimum absolute atomic E-state index is 0.179. The summed E-state index contributed by atoms with van der Waals surface area (Å²) < 4.78 is 68.4. The van der Waals surface area contributed by atoms with Gasteiger partial charge in [-0.1, -0.05) is 18.2 Å². The summed E-state index contributed by atoms with van der Waals surface area (Å²) in [6.07, 6.45) is 0. The van der Waals surface area contributed by atoms with Crippen LogP contribution in [-0.2, 0) is 10.1 Å². The number of oxazole rings is 1. The van der Waals surface area contributed by atoms with Crippen LogP contribution in [0.5, 0.6) is 5.75 Å². The maximum Gasteiger partial charge on any atom is 0.534 e. The van der Waals surface area contributed by atoms with Crippen molar-refractivity contribution in [3.05, 3.63) is 48.5 Å². The maximum atomic E-state index is 12.3. The zero-order valence-corrected chi connectivity index (χ0v) is 12.1. The van der Waals surface area contributed by atoms with Crippen molar-refractivity contribution in [2.75, 3.05) is 0 Å². The van der Waals surface area contributed by atoms with Gasteiger partial charge in [0.25, 0.3) is 0 Å². The van der Waals surface area contributed by atoms with Crippen molar-refractivity contribution in [1.29, 1.82) is 0 Å². The molecule has 0 saturated carbocycles. The van der Waals surface area contributed by atoms with Gasteiger partial charge >= 0.3 is 15.6 Å². The van der Waals surface area contributed by atoms with Crippen LogP contribution in [0.3, 0.4) is 0 Å². The van der Waals surface area contributed by atoms with Crippen molar-refractivity contribution in [2.45, 2.75) is 5.51 Å². The molecule has 0 saturated heterocycles. The van der Waals surface area contributed by atoms with Gasteiger partial charge in [-0.25, -0.2) is 4.98 Å². The molecule has 120 valence electrons. The third-order valence-electron chi connectivity index (χ3n) is 2.87. The molecule has 23 heavy (non-hydrogen) atoms. The Morgan fingerprint density at radius 3 is 2.39 bits per heavy atom. The highest BCUT2D eigenvalue weighted by molar-refractivity contribution is 7.88. The number of alkyl halides is 3. The number of hydrogen-bond acceptors (Lipinski definition) is 5. The summed E-state index contributed by atoms with van der Waals surface area (Å²) in [7, 11) is -5.72. The van der Waals surface area contributed by atoms with E-state index in [4.69, 9.17) is 4.42 Å². The molecule has 0 radical (unpaired) electrons. The lowest BCUT2D eigenvalue weighted by atomic mass is 10.2. The van der Waals surface area contributed by atoms with Gasteiger partial charge in [0.2, 0.25) is 5.89 Å². The average Bonchev–Trinajstić information content (AvgIpc) is 2.90. The molecular weight excluding hydrogens is 335 g/mol. The van der Waals surface area contributed by atoms with E-state index in [1.165, 1.54) is 6.07 Å². The zero-order chi connectivity index (χ0) is 16.7. The standard InChI is InChI=1S/C14H8F3NO4S/c15-14(16,17)23(19,20)22-10-6-7-12-11(8-10)18-13(21-12)9-4-2-1-3-5-9/h1-8H. The Kier molecular flexibility index (Phi) is 3.52. The van der Waals surface area contributed by atoms with Crippen LogP contribution in [0, 0.1) is 0 Å². The lowest BCUT2D eigenvalue weighted by Gasteiger charge is -2.08. The fourth-order valence-electron chi connectivity index (χ4n) is 1.84. The third-order valence-corrected chi connectivity index (χ3v) is 3.85. The van der Waals surface area contributed by atoms with Gasteiger partial charge in [-0.15, -0.1) is 0 Å². The molecule has 0 fully saturated rings. The van der Waals surface area contributed by atoms with Crippen molar-refractivity contribution < 1.29 is 30.2 Å². The highest BCUT2D eigenvalue weighted by atomic mass is 32.2. The maximum absolute atomic E-state index is 12.3. The molecule has 1 aromatic heterocycles. The molecule has 0 spiro atoms. The summed E-state index contributed by atoms with van der Waals surface area (Å²) in [4.78, 5) is 4.11. The topological polar surface area (TPSA) is 69.4 Å². The lowest BCUT2D eigenvalue weighted by Crippen LogP contribution is -2.28. The SMILES string of the molecule is O=S(=O)(Oc1ccc2oc(-c3ccccc3)nc2c1)C(F)(F)F. The van der Waals surface area contributed by atoms with Crippen molar-refractivity contribution in [1.82, 2.24) is 4.98 Å². The fourth-order valence-corrected chi connectivity index (χ4v) is 2.29. The Hall–Kier alpha value is -2.55. The number of fused-ring (bicyclic) bond motifs is 1. The lowest BCUT2D eigenvalue weighted by molar-refractivity contribution is -0.0500. The van der Waals surface area contributed by atoms with Crippen LogP contribution in [0.15, 0.2) is 52.9 Å². The smallest absolute Gasteiger partial charge is 0.436 e. The highest BCUT2D eigenvalue weighted by Gasteiger charge is 2.48. The van der Waals surface area contributed by atoms with Crippen molar-refractivity contribution in [2.24, 2.45) is 0 Å². The molecule has 0 atom stereocenters. The van der Waals surface area contributed by atoms with Crippen molar-refractivity contribution in [3.63, 3.8) is 0 Å². The normalized spacial score (nSPS) is 12.5. The summed E-state index contributed by atoms with van der Waals surface area (Å²) in [5.74, 6) is -0.237. The molecule has 2 aromatic carbocycles. The van der Waals surface area contributed by atoms with Crippen molar-refractivity contribution in [3.8, 4) is 17.2 Å². The molecule has 0 amide bonds. The molecular formula is C14H8F3NO4S. The molecule has 3 rings (SSSR count). The predicted molar refractivity (Wildman–Crippen MR) is 75.0 cm³/mol. The minimum atomic E-state index is -5.72. The molecule has 1 heterocycles. The number of benzene rings is 2. The highest BCUT2D eigenvalue weighted by Crippen LogP contribution is 2.30. The minimum Gasteiger partial charge on any atom is -0.436 e. The second-order valence-electron chi connectivity index (χ2n) is 4.50. The van der Waals surface area contributed by atoms with Gasteiger partial charge in [-0.05, 0) is 24.3 Å². The van der Waals surface area contributed by atoms with Crippen LogP contribution < -0.4 is 4.18 Å². The van der Waals surface area contributed by atoms with Crippen LogP contribution in [0.25, 0.3) is 22.6 Å². The van der Waals surface area contributed by atoms with E-state index in [2.05, 4.69) is 9.17 Å². The van der Waals surface area contributed by atoms with Gasteiger partial charge in [0, 0.05) is 11.6 Å². The Morgan fingerprint density at radius 2 is 1.74 bits per heavy atom. The monoisotopic (exact) mass is 343 g/mol. The van der Waals surface area contributed by atoms with Gasteiger partial charge in [0.1, 0.15) is 11.3 Å². The first-order valence-electron chi connectivity index (χ1n) is 6.23. The van der Waals surface area contributed by atoms with E-state index in [-0.39, 0.29) is 11.4 Å². The summed E-state index contributed by atoms with van der Waals surface area (Å²) in [5, 5.41) is 0. The summed E-state index contributed by atoms with van der Waals surface area (Å²) in [5.41, 5.74) is -4.35. The van der Waals surface area contributed by atoms with Gasteiger partial charge in [0.05, 0.1) is 0 Å². The zero-order valence-electron chi connectivity index (χ0n) is 11.2. The van der Waals surface area contributed by atoms with E-state index in [9.17, 15) is 21.6 Å². The molecule has 0 N–H and O–H groups in total. The van der Waals surface area contributed by atoms with Crippen LogP contribution in [-0.4, -0.2) is 18.9 Å². The van der Waals surface area contributed by atoms with Gasteiger partial charge in [0.15, 0.2) is 5.58 Å². The van der Waals surface area contributed by atoms with E-state index in [0.29, 0.717) is 11.1 Å². The number of nitrogens with zero attached hydrogens (tertiary/aromatic N) is 1. The van der Waals surface area contributed by atoms with E-state index >= 15 is 0 Å². The summed E-state index contributed by atoms with van der Waals surface area (Å²) in [6, 6.07) is 12.3. The molecule has 3 aromatic rings. The van der Waals surface area contributed by atoms with E-state index in [0.717, 1.165) is 12.1 Å². The molecule has 0 bridgehead atoms. The Bertz CT molecular complexity index is 949. The van der Waals surface area contributed by atoms with E-state index in [1.807, 2.05) is 0 Å². The molecule has 0 unspecified atom stereocenters. The Balaban J connectivity index is 1.97. The quantitative estimate of drug-likeness (QED) is 0.535. The van der Waals surface area contributed by atoms with Gasteiger partial charge in [-0.3, -0.25) is 0 Å². The first-order valence-corrected chi connectivity index (χ1v) is 7.64. The number of hydrogen-bond donors (Lipinski definition) is 0. The summed E-state index contributed by atoms with van der Waals surface area (Å²) >= 11 is 0. The molecule has 0 aliphatic rings. The Labute approximate surface area is 128 Å². The molecule has 0 aliphatic heterocycles. The molecule has 5 nitrogen and oxygen atoms in total. The predicted octanol–water partition coefficient (Wildman–Crippen LogP) is 3.72. The van der Waals surface area contributed by atoms with E-state index < -0.39 is 21.4 Å². The van der Waals surface area contributed by atoms with Crippen LogP contribution in [0.4, 0.5) is 13.2 Å². The van der Waals surface area contributed by atoms with Crippen LogP contribution in [0.1, 0.15) is 0 Å². The van der Waals surface area contributed by atoms with Crippen LogP contribution in [0.2, 0.25) is 0 Å². The number of aromatic nitrogens is 1. The van der Waals surface area contributed by atoms with E-state index in [1.54, 1.807) is 30.3 Å². The Morgan fingerprint density at radius 1 is 1.04 bits per heavy atom. The van der Waals surface area contributed by atoms with Gasteiger partial charge < -0.3 is 8.60 Å².